The molecule has 1 aliphatic rings. The summed E-state index contributed by atoms with van der Waals surface area (Å²) >= 11 is 1.51. The fourth-order valence-electron chi connectivity index (χ4n) is 2.42. The molecule has 2 rings (SSSR count). The highest BCUT2D eigenvalue weighted by molar-refractivity contribution is 7.09. The van der Waals surface area contributed by atoms with Crippen LogP contribution in [0.15, 0.2) is 0 Å². The standard InChI is InChI=1S/C12H22N4S/c1-8(2)11-14-12(17-15-11)16-6-4-5-9(3)10(16)7-13/h8-10H,4-7,13H2,1-3H3. The van der Waals surface area contributed by atoms with E-state index < -0.39 is 0 Å². The van der Waals surface area contributed by atoms with Crippen LogP contribution in [0.5, 0.6) is 0 Å². The van der Waals surface area contributed by atoms with Crippen LogP contribution in [0.25, 0.3) is 0 Å². The van der Waals surface area contributed by atoms with Gasteiger partial charge < -0.3 is 10.6 Å². The van der Waals surface area contributed by atoms with Crippen LogP contribution >= 0.6 is 11.5 Å². The first-order chi connectivity index (χ1) is 8.13. The smallest absolute Gasteiger partial charge is 0.205 e. The Labute approximate surface area is 107 Å². The van der Waals surface area contributed by atoms with Gasteiger partial charge in [0.25, 0.3) is 0 Å². The second-order valence-corrected chi connectivity index (χ2v) is 5.94. The molecule has 0 bridgehead atoms. The fourth-order valence-corrected chi connectivity index (χ4v) is 3.32. The minimum atomic E-state index is 0.401. The second-order valence-electron chi connectivity index (χ2n) is 5.21. The first-order valence-electron chi connectivity index (χ1n) is 6.43. The highest BCUT2D eigenvalue weighted by Gasteiger charge is 2.29. The maximum atomic E-state index is 5.90. The summed E-state index contributed by atoms with van der Waals surface area (Å²) in [5.41, 5.74) is 5.90. The van der Waals surface area contributed by atoms with Crippen LogP contribution < -0.4 is 10.6 Å². The summed E-state index contributed by atoms with van der Waals surface area (Å²) in [6.45, 7) is 8.32. The number of rotatable bonds is 3. The third-order valence-electron chi connectivity index (χ3n) is 3.55. The number of nitrogens with zero attached hydrogens (tertiary/aromatic N) is 3. The Balaban J connectivity index is 2.18. The van der Waals surface area contributed by atoms with Crippen molar-refractivity contribution in [3.8, 4) is 0 Å². The summed E-state index contributed by atoms with van der Waals surface area (Å²) in [6.07, 6.45) is 2.50. The van der Waals surface area contributed by atoms with Crippen LogP contribution in [0.3, 0.4) is 0 Å². The van der Waals surface area contributed by atoms with E-state index in [0.717, 1.165) is 17.5 Å². The van der Waals surface area contributed by atoms with E-state index in [0.29, 0.717) is 24.4 Å². The fraction of sp³-hybridized carbons (Fsp3) is 0.833. The Morgan fingerprint density at radius 1 is 1.53 bits per heavy atom. The van der Waals surface area contributed by atoms with Crippen molar-refractivity contribution >= 4 is 16.7 Å². The van der Waals surface area contributed by atoms with Gasteiger partial charge in [0.1, 0.15) is 5.82 Å². The van der Waals surface area contributed by atoms with E-state index in [2.05, 4.69) is 35.0 Å². The zero-order valence-electron chi connectivity index (χ0n) is 10.9. The quantitative estimate of drug-likeness (QED) is 0.898. The number of anilines is 1. The van der Waals surface area contributed by atoms with Gasteiger partial charge in [-0.05, 0) is 18.8 Å². The van der Waals surface area contributed by atoms with E-state index in [1.807, 2.05) is 0 Å². The highest BCUT2D eigenvalue weighted by atomic mass is 32.1. The van der Waals surface area contributed by atoms with E-state index >= 15 is 0 Å². The van der Waals surface area contributed by atoms with Gasteiger partial charge in [-0.2, -0.15) is 4.37 Å². The number of hydrogen-bond acceptors (Lipinski definition) is 5. The maximum absolute atomic E-state index is 5.90. The van der Waals surface area contributed by atoms with Gasteiger partial charge in [-0.25, -0.2) is 4.98 Å². The predicted octanol–water partition coefficient (Wildman–Crippen LogP) is 2.23. The SMILES string of the molecule is CC(C)c1nsc(N2CCCC(C)C2CN)n1. The summed E-state index contributed by atoms with van der Waals surface area (Å²) in [5.74, 6) is 2.01. The molecule has 2 heterocycles. The van der Waals surface area contributed by atoms with Crippen LogP contribution in [0.4, 0.5) is 5.13 Å². The topological polar surface area (TPSA) is 55.0 Å². The van der Waals surface area contributed by atoms with Gasteiger partial charge in [-0.15, -0.1) is 0 Å². The molecule has 1 aromatic rings. The van der Waals surface area contributed by atoms with Gasteiger partial charge in [-0.3, -0.25) is 0 Å². The molecule has 1 saturated heterocycles. The largest absolute Gasteiger partial charge is 0.342 e. The minimum absolute atomic E-state index is 0.401. The van der Waals surface area contributed by atoms with Gasteiger partial charge in [0.05, 0.1) is 0 Å². The second kappa shape index (κ2) is 5.31. The van der Waals surface area contributed by atoms with E-state index in [-0.39, 0.29) is 0 Å². The number of aromatic nitrogens is 2. The van der Waals surface area contributed by atoms with Gasteiger partial charge in [-0.1, -0.05) is 20.8 Å². The van der Waals surface area contributed by atoms with Crippen LogP contribution in [-0.2, 0) is 0 Å². The molecule has 0 aromatic carbocycles. The van der Waals surface area contributed by atoms with Gasteiger partial charge in [0.2, 0.25) is 5.13 Å². The summed E-state index contributed by atoms with van der Waals surface area (Å²) in [5, 5.41) is 1.05. The van der Waals surface area contributed by atoms with Crippen molar-refractivity contribution in [2.75, 3.05) is 18.0 Å². The molecular weight excluding hydrogens is 232 g/mol. The molecule has 17 heavy (non-hydrogen) atoms. The molecule has 0 radical (unpaired) electrons. The molecule has 0 aliphatic carbocycles. The maximum Gasteiger partial charge on any atom is 0.205 e. The van der Waals surface area contributed by atoms with Crippen LogP contribution in [-0.4, -0.2) is 28.5 Å². The van der Waals surface area contributed by atoms with Crippen LogP contribution in [0, 0.1) is 5.92 Å². The van der Waals surface area contributed by atoms with E-state index in [4.69, 9.17) is 5.73 Å². The Hall–Kier alpha value is -0.680. The Morgan fingerprint density at radius 2 is 2.29 bits per heavy atom. The lowest BCUT2D eigenvalue weighted by atomic mass is 9.91. The zero-order chi connectivity index (χ0) is 12.4. The van der Waals surface area contributed by atoms with Crippen LogP contribution in [0.2, 0.25) is 0 Å². The Bertz CT molecular complexity index is 363. The molecule has 2 unspecified atom stereocenters. The third kappa shape index (κ3) is 2.60. The molecule has 96 valence electrons. The minimum Gasteiger partial charge on any atom is -0.342 e. The van der Waals surface area contributed by atoms with E-state index in [9.17, 15) is 0 Å². The first kappa shape index (κ1) is 12.8. The molecule has 0 amide bonds. The van der Waals surface area contributed by atoms with E-state index in [1.165, 1.54) is 24.4 Å². The summed E-state index contributed by atoms with van der Waals surface area (Å²) in [4.78, 5) is 7.00. The Morgan fingerprint density at radius 3 is 2.88 bits per heavy atom. The zero-order valence-corrected chi connectivity index (χ0v) is 11.7. The van der Waals surface area contributed by atoms with Crippen molar-refractivity contribution in [2.24, 2.45) is 11.7 Å². The normalized spacial score (nSPS) is 25.6. The summed E-state index contributed by atoms with van der Waals surface area (Å²) < 4.78 is 4.43. The molecule has 0 spiro atoms. The molecule has 1 fully saturated rings. The number of piperidine rings is 1. The van der Waals surface area contributed by atoms with Crippen molar-refractivity contribution < 1.29 is 0 Å². The molecular formula is C12H22N4S. The van der Waals surface area contributed by atoms with Crippen molar-refractivity contribution in [2.45, 2.75) is 45.6 Å². The molecule has 5 heteroatoms. The predicted molar refractivity (Wildman–Crippen MR) is 72.6 cm³/mol. The average Bonchev–Trinajstić information content (AvgIpc) is 2.77. The lowest BCUT2D eigenvalue weighted by Crippen LogP contribution is -2.48. The third-order valence-corrected chi connectivity index (χ3v) is 4.32. The van der Waals surface area contributed by atoms with Crippen molar-refractivity contribution in [1.82, 2.24) is 9.36 Å². The summed E-state index contributed by atoms with van der Waals surface area (Å²) in [6, 6.07) is 0.428. The molecule has 2 atom stereocenters. The molecule has 1 aromatic heterocycles. The molecule has 0 saturated carbocycles. The van der Waals surface area contributed by atoms with E-state index in [1.54, 1.807) is 0 Å². The Kier molecular flexibility index (Phi) is 3.99. The average molecular weight is 254 g/mol. The molecule has 1 aliphatic heterocycles. The summed E-state index contributed by atoms with van der Waals surface area (Å²) in [7, 11) is 0. The lowest BCUT2D eigenvalue weighted by Gasteiger charge is -2.39. The van der Waals surface area contributed by atoms with Crippen molar-refractivity contribution in [3.05, 3.63) is 5.82 Å². The molecule has 4 nitrogen and oxygen atoms in total. The monoisotopic (exact) mass is 254 g/mol. The first-order valence-corrected chi connectivity index (χ1v) is 7.21. The van der Waals surface area contributed by atoms with Crippen molar-refractivity contribution in [3.63, 3.8) is 0 Å². The highest BCUT2D eigenvalue weighted by Crippen LogP contribution is 2.30. The van der Waals surface area contributed by atoms with Crippen molar-refractivity contribution in [1.29, 1.82) is 0 Å². The number of hydrogen-bond donors (Lipinski definition) is 1. The van der Waals surface area contributed by atoms with Crippen LogP contribution in [0.1, 0.15) is 45.4 Å². The van der Waals surface area contributed by atoms with Gasteiger partial charge >= 0.3 is 0 Å². The lowest BCUT2D eigenvalue weighted by molar-refractivity contribution is 0.349. The van der Waals surface area contributed by atoms with Gasteiger partial charge in [0.15, 0.2) is 0 Å². The van der Waals surface area contributed by atoms with Gasteiger partial charge in [0, 0.05) is 36.6 Å². The molecule has 2 N–H and O–H groups in total. The number of nitrogens with two attached hydrogens (primary N) is 1.